The highest BCUT2D eigenvalue weighted by molar-refractivity contribution is 6.33. The standard InChI is InChI=1S/C28H28ClN3O2/c1-20-10-2-7-15-26(20)34-17-9-8-16-31-25-14-6-4-12-23(25)30-28(31)21-18-27(33)32(19-21)24-13-5-3-11-22(24)29/h2-7,10-15,21H,8-9,16-19H2,1H3. The van der Waals surface area contributed by atoms with Crippen LogP contribution in [0.15, 0.2) is 72.8 Å². The molecule has 174 valence electrons. The Kier molecular flexibility index (Phi) is 6.54. The molecule has 4 aromatic rings. The largest absolute Gasteiger partial charge is 0.493 e. The fourth-order valence-corrected chi connectivity index (χ4v) is 4.94. The number of carbonyl (C=O) groups is 1. The van der Waals surface area contributed by atoms with Crippen molar-refractivity contribution in [3.63, 3.8) is 0 Å². The zero-order valence-corrected chi connectivity index (χ0v) is 20.0. The van der Waals surface area contributed by atoms with Gasteiger partial charge in [0.1, 0.15) is 11.6 Å². The fourth-order valence-electron chi connectivity index (χ4n) is 4.70. The molecule has 1 aromatic heterocycles. The number of unbranched alkanes of at least 4 members (excludes halogenated alkanes) is 1. The Balaban J connectivity index is 1.31. The molecule has 0 radical (unpaired) electrons. The molecule has 0 aliphatic carbocycles. The van der Waals surface area contributed by atoms with Crippen molar-refractivity contribution < 1.29 is 9.53 Å². The Bertz CT molecular complexity index is 1320. The molecule has 1 aliphatic heterocycles. The van der Waals surface area contributed by atoms with Crippen LogP contribution in [0.3, 0.4) is 0 Å². The van der Waals surface area contributed by atoms with Gasteiger partial charge in [-0.1, -0.05) is 54.1 Å². The minimum Gasteiger partial charge on any atom is -0.493 e. The number of carbonyl (C=O) groups excluding carboxylic acids is 1. The summed E-state index contributed by atoms with van der Waals surface area (Å²) in [5.41, 5.74) is 4.00. The highest BCUT2D eigenvalue weighted by Gasteiger charge is 2.35. The molecular formula is C28H28ClN3O2. The summed E-state index contributed by atoms with van der Waals surface area (Å²) in [7, 11) is 0. The van der Waals surface area contributed by atoms with Crippen LogP contribution < -0.4 is 9.64 Å². The van der Waals surface area contributed by atoms with Gasteiger partial charge in [-0.25, -0.2) is 4.98 Å². The minimum atomic E-state index is 0.0272. The Morgan fingerprint density at radius 1 is 1.00 bits per heavy atom. The third kappa shape index (κ3) is 4.53. The van der Waals surface area contributed by atoms with E-state index in [-0.39, 0.29) is 11.8 Å². The second-order valence-corrected chi connectivity index (χ2v) is 9.20. The van der Waals surface area contributed by atoms with Crippen LogP contribution in [-0.2, 0) is 11.3 Å². The van der Waals surface area contributed by atoms with Crippen LogP contribution in [0.1, 0.15) is 36.6 Å². The summed E-state index contributed by atoms with van der Waals surface area (Å²) in [6.07, 6.45) is 2.34. The van der Waals surface area contributed by atoms with Gasteiger partial charge < -0.3 is 14.2 Å². The molecule has 1 aliphatic rings. The van der Waals surface area contributed by atoms with Gasteiger partial charge in [-0.2, -0.15) is 0 Å². The van der Waals surface area contributed by atoms with Crippen molar-refractivity contribution in [1.82, 2.24) is 9.55 Å². The molecule has 0 spiro atoms. The number of anilines is 1. The highest BCUT2D eigenvalue weighted by Crippen LogP contribution is 2.36. The molecule has 1 unspecified atom stereocenters. The van der Waals surface area contributed by atoms with Gasteiger partial charge in [0.05, 0.1) is 28.4 Å². The number of nitrogens with zero attached hydrogens (tertiary/aromatic N) is 3. The molecule has 5 nitrogen and oxygen atoms in total. The number of imidazole rings is 1. The molecule has 2 heterocycles. The van der Waals surface area contributed by atoms with Crippen LogP contribution in [0.4, 0.5) is 5.69 Å². The van der Waals surface area contributed by atoms with E-state index in [1.165, 1.54) is 0 Å². The van der Waals surface area contributed by atoms with E-state index in [4.69, 9.17) is 21.3 Å². The summed E-state index contributed by atoms with van der Waals surface area (Å²) < 4.78 is 8.26. The number of para-hydroxylation sites is 4. The van der Waals surface area contributed by atoms with Crippen molar-refractivity contribution in [3.8, 4) is 5.75 Å². The predicted octanol–water partition coefficient (Wildman–Crippen LogP) is 6.38. The second kappa shape index (κ2) is 9.90. The number of benzene rings is 3. The number of hydrogen-bond acceptors (Lipinski definition) is 3. The van der Waals surface area contributed by atoms with Crippen LogP contribution in [0.5, 0.6) is 5.75 Å². The van der Waals surface area contributed by atoms with Gasteiger partial charge >= 0.3 is 0 Å². The molecule has 1 atom stereocenters. The molecule has 6 heteroatoms. The van der Waals surface area contributed by atoms with E-state index in [9.17, 15) is 4.79 Å². The van der Waals surface area contributed by atoms with Gasteiger partial charge in [0, 0.05) is 25.4 Å². The number of aromatic nitrogens is 2. The summed E-state index contributed by atoms with van der Waals surface area (Å²) in [4.78, 5) is 19.7. The van der Waals surface area contributed by atoms with Gasteiger partial charge in [-0.15, -0.1) is 0 Å². The lowest BCUT2D eigenvalue weighted by molar-refractivity contribution is -0.117. The topological polar surface area (TPSA) is 47.4 Å². The molecule has 0 N–H and O–H groups in total. The SMILES string of the molecule is Cc1ccccc1OCCCCn1c(C2CC(=O)N(c3ccccc3Cl)C2)nc2ccccc21. The number of hydrogen-bond donors (Lipinski definition) is 0. The molecule has 0 saturated carbocycles. The van der Waals surface area contributed by atoms with Gasteiger partial charge in [0.2, 0.25) is 5.91 Å². The first kappa shape index (κ1) is 22.5. The van der Waals surface area contributed by atoms with Crippen molar-refractivity contribution in [2.75, 3.05) is 18.1 Å². The van der Waals surface area contributed by atoms with Gasteiger partial charge in [-0.3, -0.25) is 4.79 Å². The van der Waals surface area contributed by atoms with Crippen LogP contribution in [-0.4, -0.2) is 28.6 Å². The second-order valence-electron chi connectivity index (χ2n) is 8.79. The van der Waals surface area contributed by atoms with Crippen LogP contribution in [0.2, 0.25) is 5.02 Å². The van der Waals surface area contributed by atoms with E-state index in [2.05, 4.69) is 23.6 Å². The maximum Gasteiger partial charge on any atom is 0.227 e. The number of rotatable bonds is 8. The van der Waals surface area contributed by atoms with Crippen molar-refractivity contribution in [1.29, 1.82) is 0 Å². The van der Waals surface area contributed by atoms with Gasteiger partial charge in [0.25, 0.3) is 0 Å². The van der Waals surface area contributed by atoms with Crippen LogP contribution in [0.25, 0.3) is 11.0 Å². The maximum atomic E-state index is 12.9. The van der Waals surface area contributed by atoms with E-state index in [1.807, 2.05) is 60.7 Å². The zero-order chi connectivity index (χ0) is 23.5. The maximum absolute atomic E-state index is 12.9. The molecule has 5 rings (SSSR count). The summed E-state index contributed by atoms with van der Waals surface area (Å²) >= 11 is 6.38. The monoisotopic (exact) mass is 473 g/mol. The molecule has 3 aromatic carbocycles. The number of ether oxygens (including phenoxy) is 1. The summed E-state index contributed by atoms with van der Waals surface area (Å²) in [5.74, 6) is 2.03. The summed E-state index contributed by atoms with van der Waals surface area (Å²) in [6.45, 7) is 4.16. The number of aryl methyl sites for hydroxylation is 2. The Hall–Kier alpha value is -3.31. The van der Waals surface area contributed by atoms with E-state index >= 15 is 0 Å². The molecule has 1 amide bonds. The number of fused-ring (bicyclic) bond motifs is 1. The average Bonchev–Trinajstić information content (AvgIpc) is 3.41. The third-order valence-electron chi connectivity index (χ3n) is 6.44. The first-order chi connectivity index (χ1) is 16.6. The van der Waals surface area contributed by atoms with E-state index in [0.717, 1.165) is 53.2 Å². The predicted molar refractivity (Wildman–Crippen MR) is 137 cm³/mol. The average molecular weight is 474 g/mol. The van der Waals surface area contributed by atoms with Crippen molar-refractivity contribution >= 4 is 34.2 Å². The zero-order valence-electron chi connectivity index (χ0n) is 19.3. The Morgan fingerprint density at radius 2 is 1.76 bits per heavy atom. The van der Waals surface area contributed by atoms with Crippen LogP contribution in [0, 0.1) is 6.92 Å². The van der Waals surface area contributed by atoms with E-state index in [0.29, 0.717) is 24.6 Å². The quantitative estimate of drug-likeness (QED) is 0.279. The van der Waals surface area contributed by atoms with Gasteiger partial charge in [-0.05, 0) is 55.7 Å². The molecule has 1 saturated heterocycles. The lowest BCUT2D eigenvalue weighted by atomic mass is 10.1. The van der Waals surface area contributed by atoms with Crippen molar-refractivity contribution in [2.45, 2.75) is 38.6 Å². The van der Waals surface area contributed by atoms with E-state index < -0.39 is 0 Å². The van der Waals surface area contributed by atoms with Crippen LogP contribution >= 0.6 is 11.6 Å². The lowest BCUT2D eigenvalue weighted by Crippen LogP contribution is -2.24. The molecule has 0 bridgehead atoms. The van der Waals surface area contributed by atoms with E-state index in [1.54, 1.807) is 4.90 Å². The Morgan fingerprint density at radius 3 is 2.62 bits per heavy atom. The molecular weight excluding hydrogens is 446 g/mol. The fraction of sp³-hybridized carbons (Fsp3) is 0.286. The first-order valence-corrected chi connectivity index (χ1v) is 12.2. The lowest BCUT2D eigenvalue weighted by Gasteiger charge is -2.18. The minimum absolute atomic E-state index is 0.0272. The van der Waals surface area contributed by atoms with Crippen molar-refractivity contribution in [2.24, 2.45) is 0 Å². The first-order valence-electron chi connectivity index (χ1n) is 11.8. The van der Waals surface area contributed by atoms with Crippen molar-refractivity contribution in [3.05, 3.63) is 89.2 Å². The number of amides is 1. The van der Waals surface area contributed by atoms with Gasteiger partial charge in [0.15, 0.2) is 0 Å². The molecule has 34 heavy (non-hydrogen) atoms. The highest BCUT2D eigenvalue weighted by atomic mass is 35.5. The Labute approximate surface area is 204 Å². The smallest absolute Gasteiger partial charge is 0.227 e. The third-order valence-corrected chi connectivity index (χ3v) is 6.76. The molecule has 1 fully saturated rings. The summed E-state index contributed by atoms with van der Waals surface area (Å²) in [5, 5.41) is 0.596. The summed E-state index contributed by atoms with van der Waals surface area (Å²) in [6, 6.07) is 23.8. The number of halogens is 1. The normalized spacial score (nSPS) is 15.9.